The summed E-state index contributed by atoms with van der Waals surface area (Å²) in [6.45, 7) is 2.95. The van der Waals surface area contributed by atoms with Crippen molar-refractivity contribution in [3.8, 4) is 11.3 Å². The van der Waals surface area contributed by atoms with Crippen LogP contribution in [0.1, 0.15) is 13.3 Å². The van der Waals surface area contributed by atoms with Gasteiger partial charge in [0, 0.05) is 18.2 Å². The summed E-state index contributed by atoms with van der Waals surface area (Å²) in [5.41, 5.74) is 1.62. The van der Waals surface area contributed by atoms with Gasteiger partial charge >= 0.3 is 0 Å². The molecule has 0 spiro atoms. The van der Waals surface area contributed by atoms with E-state index < -0.39 is 5.82 Å². The molecule has 0 aliphatic carbocycles. The van der Waals surface area contributed by atoms with Crippen LogP contribution in [-0.4, -0.2) is 16.7 Å². The highest BCUT2D eigenvalue weighted by atomic mass is 35.5. The van der Waals surface area contributed by atoms with Gasteiger partial charge in [-0.3, -0.25) is 5.10 Å². The van der Waals surface area contributed by atoms with Gasteiger partial charge in [0.05, 0.1) is 10.7 Å². The van der Waals surface area contributed by atoms with Crippen molar-refractivity contribution in [2.75, 3.05) is 11.9 Å². The molecule has 0 fully saturated rings. The fourth-order valence-electron chi connectivity index (χ4n) is 1.48. The van der Waals surface area contributed by atoms with Crippen molar-refractivity contribution in [1.82, 2.24) is 10.2 Å². The van der Waals surface area contributed by atoms with E-state index in [0.717, 1.165) is 30.0 Å². The van der Waals surface area contributed by atoms with E-state index in [1.165, 1.54) is 6.07 Å². The number of anilines is 1. The van der Waals surface area contributed by atoms with E-state index in [0.29, 0.717) is 0 Å². The van der Waals surface area contributed by atoms with Gasteiger partial charge in [-0.15, -0.1) is 0 Å². The number of aromatic nitrogens is 2. The number of hydrogen-bond acceptors (Lipinski definition) is 2. The average Bonchev–Trinajstić information content (AvgIpc) is 2.79. The number of nitrogens with one attached hydrogen (secondary N) is 2. The number of hydrogen-bond donors (Lipinski definition) is 2. The predicted molar refractivity (Wildman–Crippen MR) is 67.8 cm³/mol. The molecular weight excluding hydrogens is 241 g/mol. The summed E-state index contributed by atoms with van der Waals surface area (Å²) >= 11 is 5.73. The van der Waals surface area contributed by atoms with Gasteiger partial charge in [0.1, 0.15) is 11.6 Å². The Bertz CT molecular complexity index is 510. The van der Waals surface area contributed by atoms with E-state index in [9.17, 15) is 4.39 Å². The largest absolute Gasteiger partial charge is 0.369 e. The number of aromatic amines is 1. The molecule has 0 atom stereocenters. The van der Waals surface area contributed by atoms with Crippen molar-refractivity contribution in [2.24, 2.45) is 0 Å². The quantitative estimate of drug-likeness (QED) is 0.872. The minimum atomic E-state index is -0.417. The molecule has 0 radical (unpaired) electrons. The number of H-pyrrole nitrogens is 1. The molecule has 2 N–H and O–H groups in total. The van der Waals surface area contributed by atoms with Crippen LogP contribution in [0.15, 0.2) is 24.3 Å². The third-order valence-corrected chi connectivity index (χ3v) is 2.65. The first-order valence-electron chi connectivity index (χ1n) is 5.45. The lowest BCUT2D eigenvalue weighted by Crippen LogP contribution is -1.99. The van der Waals surface area contributed by atoms with Crippen molar-refractivity contribution >= 4 is 17.4 Å². The number of nitrogens with zero attached hydrogens (tertiary/aromatic N) is 1. The molecule has 0 aliphatic heterocycles. The van der Waals surface area contributed by atoms with E-state index >= 15 is 0 Å². The normalized spacial score (nSPS) is 10.5. The minimum Gasteiger partial charge on any atom is -0.369 e. The zero-order chi connectivity index (χ0) is 12.3. The van der Waals surface area contributed by atoms with E-state index in [-0.39, 0.29) is 5.02 Å². The first-order chi connectivity index (χ1) is 8.20. The van der Waals surface area contributed by atoms with Crippen LogP contribution in [0.25, 0.3) is 11.3 Å². The molecule has 1 heterocycles. The summed E-state index contributed by atoms with van der Waals surface area (Å²) in [6, 6.07) is 6.46. The fraction of sp³-hybridized carbons (Fsp3) is 0.250. The van der Waals surface area contributed by atoms with Crippen molar-refractivity contribution in [2.45, 2.75) is 13.3 Å². The first kappa shape index (κ1) is 11.9. The van der Waals surface area contributed by atoms with Gasteiger partial charge in [-0.1, -0.05) is 18.5 Å². The molecule has 17 heavy (non-hydrogen) atoms. The van der Waals surface area contributed by atoms with Crippen molar-refractivity contribution in [1.29, 1.82) is 0 Å². The van der Waals surface area contributed by atoms with Gasteiger partial charge in [-0.2, -0.15) is 5.10 Å². The Morgan fingerprint density at radius 2 is 2.24 bits per heavy atom. The maximum atomic E-state index is 13.0. The Kier molecular flexibility index (Phi) is 3.64. The summed E-state index contributed by atoms with van der Waals surface area (Å²) in [7, 11) is 0. The molecule has 90 valence electrons. The smallest absolute Gasteiger partial charge is 0.148 e. The maximum Gasteiger partial charge on any atom is 0.148 e. The van der Waals surface area contributed by atoms with Crippen LogP contribution in [0.5, 0.6) is 0 Å². The van der Waals surface area contributed by atoms with Gasteiger partial charge in [0.25, 0.3) is 0 Å². The van der Waals surface area contributed by atoms with Gasteiger partial charge < -0.3 is 5.32 Å². The lowest BCUT2D eigenvalue weighted by atomic mass is 10.1. The van der Waals surface area contributed by atoms with E-state index in [1.54, 1.807) is 12.1 Å². The highest BCUT2D eigenvalue weighted by molar-refractivity contribution is 6.31. The van der Waals surface area contributed by atoms with Gasteiger partial charge in [0.15, 0.2) is 0 Å². The monoisotopic (exact) mass is 253 g/mol. The summed E-state index contributed by atoms with van der Waals surface area (Å²) in [6.07, 6.45) is 1.03. The topological polar surface area (TPSA) is 40.7 Å². The van der Waals surface area contributed by atoms with E-state index in [2.05, 4.69) is 22.4 Å². The molecular formula is C12H13ClFN3. The number of halogens is 2. The molecule has 3 nitrogen and oxygen atoms in total. The third-order valence-electron chi connectivity index (χ3n) is 2.36. The SMILES string of the molecule is CCCNc1cc(-c2ccc(F)c(Cl)c2)[nH]n1. The van der Waals surface area contributed by atoms with Crippen LogP contribution in [-0.2, 0) is 0 Å². The van der Waals surface area contributed by atoms with Gasteiger partial charge in [0.2, 0.25) is 0 Å². The predicted octanol–water partition coefficient (Wildman–Crippen LogP) is 3.69. The van der Waals surface area contributed by atoms with Crippen LogP contribution in [0.4, 0.5) is 10.2 Å². The fourth-order valence-corrected chi connectivity index (χ4v) is 1.66. The van der Waals surface area contributed by atoms with E-state index in [4.69, 9.17) is 11.6 Å². The number of rotatable bonds is 4. The van der Waals surface area contributed by atoms with Crippen LogP contribution in [0.3, 0.4) is 0 Å². The van der Waals surface area contributed by atoms with Gasteiger partial charge in [-0.25, -0.2) is 4.39 Å². The molecule has 2 rings (SSSR count). The molecule has 0 saturated carbocycles. The molecule has 1 aromatic carbocycles. The molecule has 5 heteroatoms. The number of benzene rings is 1. The zero-order valence-electron chi connectivity index (χ0n) is 9.43. The van der Waals surface area contributed by atoms with Crippen LogP contribution < -0.4 is 5.32 Å². The molecule has 1 aromatic heterocycles. The molecule has 0 amide bonds. The molecule has 0 saturated heterocycles. The standard InChI is InChI=1S/C12H13ClFN3/c1-2-5-15-12-7-11(16-17-12)8-3-4-10(14)9(13)6-8/h3-4,6-7H,2,5H2,1H3,(H2,15,16,17). The van der Waals surface area contributed by atoms with Crippen molar-refractivity contribution < 1.29 is 4.39 Å². The highest BCUT2D eigenvalue weighted by Gasteiger charge is 2.06. The minimum absolute atomic E-state index is 0.111. The van der Waals surface area contributed by atoms with Crippen LogP contribution >= 0.6 is 11.6 Å². The summed E-state index contributed by atoms with van der Waals surface area (Å²) in [5, 5.41) is 10.3. The second kappa shape index (κ2) is 5.19. The lowest BCUT2D eigenvalue weighted by molar-refractivity contribution is 0.628. The van der Waals surface area contributed by atoms with Gasteiger partial charge in [-0.05, 0) is 24.6 Å². The second-order valence-corrected chi connectivity index (χ2v) is 4.13. The lowest BCUT2D eigenvalue weighted by Gasteiger charge is -1.99. The third kappa shape index (κ3) is 2.77. The second-order valence-electron chi connectivity index (χ2n) is 3.72. The average molecular weight is 254 g/mol. The highest BCUT2D eigenvalue weighted by Crippen LogP contribution is 2.24. The Balaban J connectivity index is 2.21. The van der Waals surface area contributed by atoms with Crippen LogP contribution in [0, 0.1) is 5.82 Å². The van der Waals surface area contributed by atoms with Crippen molar-refractivity contribution in [3.05, 3.63) is 35.1 Å². The molecule has 0 aliphatic rings. The summed E-state index contributed by atoms with van der Waals surface area (Å²) < 4.78 is 13.0. The Morgan fingerprint density at radius 1 is 1.41 bits per heavy atom. The molecule has 0 bridgehead atoms. The Labute approximate surface area is 104 Å². The van der Waals surface area contributed by atoms with Crippen LogP contribution in [0.2, 0.25) is 5.02 Å². The molecule has 0 unspecified atom stereocenters. The Hall–Kier alpha value is -1.55. The summed E-state index contributed by atoms with van der Waals surface area (Å²) in [4.78, 5) is 0. The summed E-state index contributed by atoms with van der Waals surface area (Å²) in [5.74, 6) is 0.363. The molecule has 2 aromatic rings. The van der Waals surface area contributed by atoms with E-state index in [1.807, 2.05) is 6.07 Å². The first-order valence-corrected chi connectivity index (χ1v) is 5.83. The van der Waals surface area contributed by atoms with Crippen molar-refractivity contribution in [3.63, 3.8) is 0 Å². The Morgan fingerprint density at radius 3 is 2.94 bits per heavy atom. The maximum absolute atomic E-state index is 13.0. The zero-order valence-corrected chi connectivity index (χ0v) is 10.2.